The van der Waals surface area contributed by atoms with Crippen molar-refractivity contribution in [2.75, 3.05) is 0 Å². The average Bonchev–Trinajstić information content (AvgIpc) is 1.39. The quantitative estimate of drug-likeness (QED) is 0.138. The maximum Gasteiger partial charge on any atom is 0.135 e. The Hall–Kier alpha value is -11.1. The second-order valence-electron chi connectivity index (χ2n) is 22.9. The van der Waals surface area contributed by atoms with Crippen LogP contribution in [0.1, 0.15) is 11.1 Å². The number of rotatable bonds is 8. The Labute approximate surface area is 499 Å². The van der Waals surface area contributed by atoms with Crippen LogP contribution < -0.4 is 4.74 Å². The Kier molecular flexibility index (Phi) is 11.4. The summed E-state index contributed by atoms with van der Waals surface area (Å²) in [6.45, 7) is 6.74. The van der Waals surface area contributed by atoms with E-state index in [2.05, 4.69) is 305 Å². The summed E-state index contributed by atoms with van der Waals surface area (Å²) in [6.07, 6.45) is 2.03. The molecule has 0 amide bonds. The second-order valence-corrected chi connectivity index (χ2v) is 22.9. The Morgan fingerprint density at radius 2 is 0.628 bits per heavy atom. The average molecular weight is 1090 g/mol. The molecule has 400 valence electrons. The fourth-order valence-corrected chi connectivity index (χ4v) is 14.7. The van der Waals surface area contributed by atoms with Crippen LogP contribution in [0.2, 0.25) is 0 Å². The zero-order valence-electron chi connectivity index (χ0n) is 47.4. The number of aryl methyl sites for hydroxylation is 1. The molecule has 1 aliphatic heterocycles. The topological polar surface area (TPSA) is 9.23 Å². The van der Waals surface area contributed by atoms with Gasteiger partial charge in [0.15, 0.2) is 0 Å². The summed E-state index contributed by atoms with van der Waals surface area (Å²) in [5, 5.41) is 17.0. The molecule has 17 rings (SSSR count). The Balaban J connectivity index is 0.784. The molecular weight excluding hydrogens is 1040 g/mol. The summed E-state index contributed by atoms with van der Waals surface area (Å²) in [6, 6.07) is 107. The second kappa shape index (κ2) is 19.8. The third kappa shape index (κ3) is 7.58. The van der Waals surface area contributed by atoms with Crippen LogP contribution in [0.25, 0.3) is 170 Å². The molecule has 1 nitrogen and oxygen atoms in total. The normalized spacial score (nSPS) is 11.9. The van der Waals surface area contributed by atoms with Gasteiger partial charge in [-0.25, -0.2) is 0 Å². The molecular formula is C85H54O. The summed E-state index contributed by atoms with van der Waals surface area (Å²) in [7, 11) is 0. The highest BCUT2D eigenvalue weighted by Crippen LogP contribution is 2.54. The minimum absolute atomic E-state index is 0.840. The van der Waals surface area contributed by atoms with Crippen molar-refractivity contribution in [2.45, 2.75) is 6.92 Å². The maximum absolute atomic E-state index is 7.15. The fourth-order valence-electron chi connectivity index (χ4n) is 14.7. The lowest BCUT2D eigenvalue weighted by atomic mass is 9.81. The molecule has 0 aliphatic carbocycles. The molecule has 0 spiro atoms. The van der Waals surface area contributed by atoms with Crippen LogP contribution in [0.5, 0.6) is 11.5 Å². The molecule has 16 aromatic carbocycles. The molecule has 0 saturated heterocycles. The molecule has 0 aromatic heterocycles. The van der Waals surface area contributed by atoms with Gasteiger partial charge in [-0.3, -0.25) is 0 Å². The van der Waals surface area contributed by atoms with Crippen molar-refractivity contribution in [1.29, 1.82) is 0 Å². The third-order valence-corrected chi connectivity index (χ3v) is 18.4. The first-order chi connectivity index (χ1) is 42.6. The van der Waals surface area contributed by atoms with E-state index in [1.807, 2.05) is 6.08 Å². The van der Waals surface area contributed by atoms with Gasteiger partial charge in [-0.2, -0.15) is 0 Å². The van der Waals surface area contributed by atoms with E-state index in [0.29, 0.717) is 0 Å². The van der Waals surface area contributed by atoms with Gasteiger partial charge in [0, 0.05) is 10.9 Å². The zero-order valence-corrected chi connectivity index (χ0v) is 47.4. The fraction of sp³-hybridized carbons (Fsp3) is 0.0118. The highest BCUT2D eigenvalue weighted by atomic mass is 16.5. The molecule has 16 aromatic rings. The number of hydrogen-bond donors (Lipinski definition) is 0. The number of hydrogen-bond acceptors (Lipinski definition) is 1. The van der Waals surface area contributed by atoms with E-state index in [0.717, 1.165) is 50.1 Å². The van der Waals surface area contributed by atoms with Crippen molar-refractivity contribution < 1.29 is 4.74 Å². The minimum Gasteiger partial charge on any atom is -0.456 e. The van der Waals surface area contributed by atoms with E-state index in [4.69, 9.17) is 4.74 Å². The van der Waals surface area contributed by atoms with Crippen LogP contribution in [-0.2, 0) is 0 Å². The van der Waals surface area contributed by atoms with Crippen molar-refractivity contribution >= 4 is 81.5 Å². The Morgan fingerprint density at radius 3 is 1.10 bits per heavy atom. The highest BCUT2D eigenvalue weighted by molar-refractivity contribution is 6.25. The molecule has 1 heterocycles. The van der Waals surface area contributed by atoms with Crippen molar-refractivity contribution in [1.82, 2.24) is 0 Å². The van der Waals surface area contributed by atoms with E-state index in [1.165, 1.54) is 137 Å². The predicted molar refractivity (Wildman–Crippen MR) is 367 cm³/mol. The molecule has 0 radical (unpaired) electrons. The van der Waals surface area contributed by atoms with Gasteiger partial charge >= 0.3 is 0 Å². The lowest BCUT2D eigenvalue weighted by Gasteiger charge is -2.26. The van der Waals surface area contributed by atoms with Crippen LogP contribution in [0.15, 0.2) is 298 Å². The standard InChI is InChI=1S/C85H54O/c1-3-53-50-77-65-48-46-57(82-70-35-14-18-39-74(70)84(75-40-19-15-36-71(75)82)67-32-11-9-30-64(67)62-42-21-26-55-24-5-7-28-60(55)62)51-79(65)86-78-44-22-43-76(85(77)78)80(53)58-47-45-56(49-52(58)2)81-68-33-12-16-37-72(68)83(73-38-17-13-34-69(73)81)66-31-10-8-29-63(66)61-41-20-25-54-23-4-6-27-59(54)61/h3-51H,1H2,2H3. The lowest BCUT2D eigenvalue weighted by Crippen LogP contribution is -2.01. The largest absolute Gasteiger partial charge is 0.456 e. The Bertz CT molecular complexity index is 5420. The molecule has 0 atom stereocenters. The monoisotopic (exact) mass is 1090 g/mol. The van der Waals surface area contributed by atoms with Crippen molar-refractivity contribution in [3.05, 3.63) is 309 Å². The third-order valence-electron chi connectivity index (χ3n) is 18.4. The van der Waals surface area contributed by atoms with Gasteiger partial charge in [-0.1, -0.05) is 280 Å². The minimum atomic E-state index is 0.840. The molecule has 0 unspecified atom stereocenters. The van der Waals surface area contributed by atoms with Crippen molar-refractivity contribution in [3.8, 4) is 101 Å². The molecule has 0 N–H and O–H groups in total. The molecule has 1 aliphatic rings. The van der Waals surface area contributed by atoms with Crippen LogP contribution in [0, 0.1) is 6.92 Å². The van der Waals surface area contributed by atoms with Gasteiger partial charge in [0.1, 0.15) is 11.5 Å². The van der Waals surface area contributed by atoms with E-state index in [9.17, 15) is 0 Å². The molecule has 86 heavy (non-hydrogen) atoms. The summed E-state index contributed by atoms with van der Waals surface area (Å²) in [5.41, 5.74) is 21.4. The van der Waals surface area contributed by atoms with Gasteiger partial charge in [-0.05, 0) is 196 Å². The smallest absolute Gasteiger partial charge is 0.135 e. The number of benzene rings is 16. The SMILES string of the molecule is C=Cc1cc2c3c(cccc3c1-c1ccc(-c3c4ccccc4c(-c4ccccc4-c4cccc5ccccc45)c4ccccc34)cc1C)Oc1cc(-c3c4ccccc4c(-c4ccccc4-c4cccc5ccccc45)c4ccccc34)ccc1-2. The predicted octanol–water partition coefficient (Wildman–Crippen LogP) is 24.2. The molecule has 0 fully saturated rings. The summed E-state index contributed by atoms with van der Waals surface area (Å²) >= 11 is 0. The van der Waals surface area contributed by atoms with E-state index in [1.54, 1.807) is 0 Å². The summed E-state index contributed by atoms with van der Waals surface area (Å²) in [4.78, 5) is 0. The lowest BCUT2D eigenvalue weighted by molar-refractivity contribution is 0.487. The molecule has 0 saturated carbocycles. The van der Waals surface area contributed by atoms with Crippen LogP contribution in [-0.4, -0.2) is 0 Å². The van der Waals surface area contributed by atoms with Crippen molar-refractivity contribution in [2.24, 2.45) is 0 Å². The van der Waals surface area contributed by atoms with Crippen LogP contribution >= 0.6 is 0 Å². The van der Waals surface area contributed by atoms with E-state index >= 15 is 0 Å². The van der Waals surface area contributed by atoms with E-state index < -0.39 is 0 Å². The van der Waals surface area contributed by atoms with Gasteiger partial charge in [0.25, 0.3) is 0 Å². The highest BCUT2D eigenvalue weighted by Gasteiger charge is 2.27. The summed E-state index contributed by atoms with van der Waals surface area (Å²) in [5.74, 6) is 1.69. The zero-order chi connectivity index (χ0) is 57.0. The first kappa shape index (κ1) is 49.5. The van der Waals surface area contributed by atoms with Gasteiger partial charge in [-0.15, -0.1) is 0 Å². The first-order valence-corrected chi connectivity index (χ1v) is 29.8. The van der Waals surface area contributed by atoms with Gasteiger partial charge < -0.3 is 4.74 Å². The number of fused-ring (bicyclic) bond motifs is 8. The number of ether oxygens (including phenoxy) is 1. The Morgan fingerprint density at radius 1 is 0.256 bits per heavy atom. The maximum atomic E-state index is 7.15. The first-order valence-electron chi connectivity index (χ1n) is 29.8. The van der Waals surface area contributed by atoms with E-state index in [-0.39, 0.29) is 0 Å². The molecule has 1 heteroatoms. The van der Waals surface area contributed by atoms with Crippen LogP contribution in [0.3, 0.4) is 0 Å². The van der Waals surface area contributed by atoms with Crippen LogP contribution in [0.4, 0.5) is 0 Å². The summed E-state index contributed by atoms with van der Waals surface area (Å²) < 4.78 is 7.15. The van der Waals surface area contributed by atoms with Crippen molar-refractivity contribution in [3.63, 3.8) is 0 Å². The van der Waals surface area contributed by atoms with Gasteiger partial charge in [0.05, 0.1) is 0 Å². The molecule has 0 bridgehead atoms. The van der Waals surface area contributed by atoms with Gasteiger partial charge in [0.2, 0.25) is 0 Å².